The predicted octanol–water partition coefficient (Wildman–Crippen LogP) is 3.61. The van der Waals surface area contributed by atoms with Gasteiger partial charge in [0.15, 0.2) is 0 Å². The molecule has 1 amide bonds. The summed E-state index contributed by atoms with van der Waals surface area (Å²) in [6, 6.07) is -0.627. The van der Waals surface area contributed by atoms with E-state index in [1.54, 1.807) is 11.8 Å². The lowest BCUT2D eigenvalue weighted by atomic mass is 10.2. The van der Waals surface area contributed by atoms with Crippen LogP contribution < -0.4 is 5.32 Å². The molecule has 5 nitrogen and oxygen atoms in total. The van der Waals surface area contributed by atoms with Gasteiger partial charge in [0.05, 0.1) is 13.2 Å². The number of nitrogens with one attached hydrogen (secondary N) is 1. The van der Waals surface area contributed by atoms with Crippen molar-refractivity contribution in [2.75, 3.05) is 25.2 Å². The van der Waals surface area contributed by atoms with Crippen molar-refractivity contribution >= 4 is 23.8 Å². The molecule has 0 radical (unpaired) electrons. The summed E-state index contributed by atoms with van der Waals surface area (Å²) >= 11 is 1.63. The summed E-state index contributed by atoms with van der Waals surface area (Å²) in [6.07, 6.45) is 6.18. The number of ether oxygens (including phenoxy) is 2. The van der Waals surface area contributed by atoms with Crippen molar-refractivity contribution in [3.8, 4) is 0 Å². The van der Waals surface area contributed by atoms with Gasteiger partial charge in [-0.25, -0.2) is 9.59 Å². The molecule has 6 heteroatoms. The van der Waals surface area contributed by atoms with E-state index in [4.69, 9.17) is 9.47 Å². The summed E-state index contributed by atoms with van der Waals surface area (Å²) in [5, 5.41) is 2.61. The molecule has 0 saturated heterocycles. The Labute approximate surface area is 138 Å². The molecule has 130 valence electrons. The third-order valence-electron chi connectivity index (χ3n) is 2.98. The Balaban J connectivity index is 4.18. The Morgan fingerprint density at radius 2 is 1.86 bits per heavy atom. The SMILES string of the molecule is CCCCCCOC(=O)C(CCSC)NC(=O)OCC(C)C. The maximum absolute atomic E-state index is 12.1. The van der Waals surface area contributed by atoms with Crippen LogP contribution in [0.3, 0.4) is 0 Å². The van der Waals surface area contributed by atoms with E-state index in [0.29, 0.717) is 19.6 Å². The largest absolute Gasteiger partial charge is 0.464 e. The van der Waals surface area contributed by atoms with Crippen molar-refractivity contribution in [3.05, 3.63) is 0 Å². The number of rotatable bonds is 12. The molecule has 0 spiro atoms. The van der Waals surface area contributed by atoms with E-state index in [2.05, 4.69) is 12.2 Å². The molecule has 0 aromatic rings. The van der Waals surface area contributed by atoms with Crippen LogP contribution in [0.2, 0.25) is 0 Å². The van der Waals surface area contributed by atoms with Crippen LogP contribution in [-0.4, -0.2) is 43.3 Å². The van der Waals surface area contributed by atoms with Crippen LogP contribution in [0.4, 0.5) is 4.79 Å². The predicted molar refractivity (Wildman–Crippen MR) is 91.2 cm³/mol. The molecule has 22 heavy (non-hydrogen) atoms. The van der Waals surface area contributed by atoms with E-state index in [9.17, 15) is 9.59 Å². The van der Waals surface area contributed by atoms with Crippen LogP contribution in [0, 0.1) is 5.92 Å². The van der Waals surface area contributed by atoms with Gasteiger partial charge >= 0.3 is 12.1 Å². The van der Waals surface area contributed by atoms with Crippen LogP contribution >= 0.6 is 11.8 Å². The fraction of sp³-hybridized carbons (Fsp3) is 0.875. The van der Waals surface area contributed by atoms with E-state index in [1.165, 1.54) is 0 Å². The molecular weight excluding hydrogens is 302 g/mol. The molecule has 1 atom stereocenters. The monoisotopic (exact) mass is 333 g/mol. The highest BCUT2D eigenvalue weighted by Crippen LogP contribution is 2.05. The second kappa shape index (κ2) is 13.7. The van der Waals surface area contributed by atoms with Gasteiger partial charge in [-0.15, -0.1) is 0 Å². The summed E-state index contributed by atoms with van der Waals surface area (Å²) in [6.45, 7) is 6.81. The Morgan fingerprint density at radius 3 is 2.45 bits per heavy atom. The molecule has 0 aliphatic carbocycles. The summed E-state index contributed by atoms with van der Waals surface area (Å²) < 4.78 is 10.3. The van der Waals surface area contributed by atoms with Gasteiger partial charge in [0.25, 0.3) is 0 Å². The highest BCUT2D eigenvalue weighted by molar-refractivity contribution is 7.98. The van der Waals surface area contributed by atoms with E-state index in [1.807, 2.05) is 20.1 Å². The minimum absolute atomic E-state index is 0.265. The number of hydrogen-bond acceptors (Lipinski definition) is 5. The second-order valence-electron chi connectivity index (χ2n) is 5.70. The minimum Gasteiger partial charge on any atom is -0.464 e. The van der Waals surface area contributed by atoms with Crippen molar-refractivity contribution in [1.82, 2.24) is 5.32 Å². The first-order chi connectivity index (χ1) is 10.5. The third kappa shape index (κ3) is 11.7. The zero-order valence-corrected chi connectivity index (χ0v) is 15.2. The molecule has 1 unspecified atom stereocenters. The summed E-state index contributed by atoms with van der Waals surface area (Å²) in [5.74, 6) is 0.674. The first kappa shape index (κ1) is 21.1. The van der Waals surface area contributed by atoms with Crippen LogP contribution in [0.25, 0.3) is 0 Å². The van der Waals surface area contributed by atoms with Crippen molar-refractivity contribution in [3.63, 3.8) is 0 Å². The number of carbonyl (C=O) groups is 2. The molecule has 1 N–H and O–H groups in total. The topological polar surface area (TPSA) is 64.6 Å². The molecule has 0 aromatic heterocycles. The summed E-state index contributed by atoms with van der Waals surface area (Å²) in [5.41, 5.74) is 0. The van der Waals surface area contributed by atoms with Gasteiger partial charge < -0.3 is 14.8 Å². The number of alkyl carbamates (subject to hydrolysis) is 1. The molecule has 0 saturated carbocycles. The molecule has 0 bridgehead atoms. The Kier molecular flexibility index (Phi) is 13.2. The normalized spacial score (nSPS) is 12.0. The first-order valence-electron chi connectivity index (χ1n) is 8.10. The van der Waals surface area contributed by atoms with Crippen LogP contribution in [-0.2, 0) is 14.3 Å². The van der Waals surface area contributed by atoms with Crippen molar-refractivity contribution in [2.45, 2.75) is 58.9 Å². The lowest BCUT2D eigenvalue weighted by Crippen LogP contribution is -2.43. The van der Waals surface area contributed by atoms with Gasteiger partial charge in [-0.1, -0.05) is 40.0 Å². The van der Waals surface area contributed by atoms with Gasteiger partial charge in [0.2, 0.25) is 0 Å². The fourth-order valence-electron chi connectivity index (χ4n) is 1.71. The van der Waals surface area contributed by atoms with Crippen LogP contribution in [0.15, 0.2) is 0 Å². The number of hydrogen-bond donors (Lipinski definition) is 1. The smallest absolute Gasteiger partial charge is 0.407 e. The van der Waals surface area contributed by atoms with E-state index >= 15 is 0 Å². The average molecular weight is 333 g/mol. The lowest BCUT2D eigenvalue weighted by molar-refractivity contribution is -0.146. The molecule has 0 aliphatic heterocycles. The zero-order valence-electron chi connectivity index (χ0n) is 14.4. The summed E-state index contributed by atoms with van der Waals surface area (Å²) in [4.78, 5) is 23.7. The highest BCUT2D eigenvalue weighted by atomic mass is 32.2. The van der Waals surface area contributed by atoms with Crippen LogP contribution in [0.1, 0.15) is 52.9 Å². The molecule has 0 rings (SSSR count). The number of esters is 1. The number of unbranched alkanes of at least 4 members (excludes halogenated alkanes) is 3. The Bertz CT molecular complexity index is 311. The number of amides is 1. The Hall–Kier alpha value is -0.910. The second-order valence-corrected chi connectivity index (χ2v) is 6.68. The van der Waals surface area contributed by atoms with Gasteiger partial charge in [0.1, 0.15) is 6.04 Å². The average Bonchev–Trinajstić information content (AvgIpc) is 2.48. The van der Waals surface area contributed by atoms with Crippen molar-refractivity contribution in [1.29, 1.82) is 0 Å². The fourth-order valence-corrected chi connectivity index (χ4v) is 2.18. The molecule has 0 heterocycles. The minimum atomic E-state index is -0.627. The summed E-state index contributed by atoms with van der Waals surface area (Å²) in [7, 11) is 0. The van der Waals surface area contributed by atoms with Crippen LogP contribution in [0.5, 0.6) is 0 Å². The standard InChI is InChI=1S/C16H31NO4S/c1-5-6-7-8-10-20-15(18)14(9-11-22-4)17-16(19)21-12-13(2)3/h13-14H,5-12H2,1-4H3,(H,17,19). The molecular formula is C16H31NO4S. The lowest BCUT2D eigenvalue weighted by Gasteiger charge is -2.17. The zero-order chi connectivity index (χ0) is 16.8. The third-order valence-corrected chi connectivity index (χ3v) is 3.62. The maximum atomic E-state index is 12.1. The molecule has 0 aromatic carbocycles. The van der Waals surface area contributed by atoms with Gasteiger partial charge in [-0.05, 0) is 30.8 Å². The van der Waals surface area contributed by atoms with Gasteiger partial charge in [-0.2, -0.15) is 11.8 Å². The van der Waals surface area contributed by atoms with Crippen molar-refractivity contribution in [2.24, 2.45) is 5.92 Å². The number of thioether (sulfide) groups is 1. The quantitative estimate of drug-likeness (QED) is 0.436. The maximum Gasteiger partial charge on any atom is 0.407 e. The molecule has 0 fully saturated rings. The molecule has 0 aliphatic rings. The first-order valence-corrected chi connectivity index (χ1v) is 9.49. The number of carbonyl (C=O) groups excluding carboxylic acids is 2. The van der Waals surface area contributed by atoms with Gasteiger partial charge in [-0.3, -0.25) is 0 Å². The van der Waals surface area contributed by atoms with E-state index in [-0.39, 0.29) is 11.9 Å². The Morgan fingerprint density at radius 1 is 1.14 bits per heavy atom. The van der Waals surface area contributed by atoms with Gasteiger partial charge in [0, 0.05) is 0 Å². The highest BCUT2D eigenvalue weighted by Gasteiger charge is 2.22. The van der Waals surface area contributed by atoms with E-state index in [0.717, 1.165) is 31.4 Å². The van der Waals surface area contributed by atoms with E-state index < -0.39 is 12.1 Å². The van der Waals surface area contributed by atoms with Crippen molar-refractivity contribution < 1.29 is 19.1 Å².